The third-order valence-electron chi connectivity index (χ3n) is 8.86. The van der Waals surface area contributed by atoms with E-state index in [2.05, 4.69) is 68.4 Å². The van der Waals surface area contributed by atoms with Gasteiger partial charge in [-0.05, 0) is 53.1 Å². The first-order chi connectivity index (χ1) is 12.8. The Hall–Kier alpha value is -0.453. The number of rotatable bonds is 6. The lowest BCUT2D eigenvalue weighted by molar-refractivity contribution is -0.242. The minimum atomic E-state index is -2.12. The number of fused-ring (bicyclic) bond motifs is 3. The third kappa shape index (κ3) is 2.77. The monoisotopic (exact) mass is 406 g/mol. The molecule has 0 saturated heterocycles. The van der Waals surface area contributed by atoms with Crippen molar-refractivity contribution in [3.8, 4) is 0 Å². The molecule has 0 amide bonds. The van der Waals surface area contributed by atoms with Gasteiger partial charge >= 0.3 is 0 Å². The van der Waals surface area contributed by atoms with Crippen molar-refractivity contribution in [3.63, 3.8) is 0 Å². The van der Waals surface area contributed by atoms with Gasteiger partial charge in [0.1, 0.15) is 11.9 Å². The molecule has 2 saturated carbocycles. The second kappa shape index (κ2) is 6.78. The molecule has 3 nitrogen and oxygen atoms in total. The molecule has 3 aliphatic rings. The van der Waals surface area contributed by atoms with Crippen molar-refractivity contribution in [3.05, 3.63) is 11.6 Å². The molecule has 0 spiro atoms. The van der Waals surface area contributed by atoms with Gasteiger partial charge < -0.3 is 9.53 Å². The second-order valence-electron chi connectivity index (χ2n) is 11.9. The summed E-state index contributed by atoms with van der Waals surface area (Å²) in [6, 6.07) is 0. The summed E-state index contributed by atoms with van der Waals surface area (Å²) in [5, 5.41) is 12.0. The smallest absolute Gasteiger partial charge is 0.200 e. The van der Waals surface area contributed by atoms with E-state index in [0.717, 1.165) is 25.5 Å². The highest BCUT2D eigenvalue weighted by Crippen LogP contribution is 2.69. The van der Waals surface area contributed by atoms with Crippen molar-refractivity contribution in [2.45, 2.75) is 110 Å². The van der Waals surface area contributed by atoms with Gasteiger partial charge in [-0.2, -0.15) is 0 Å². The lowest BCUT2D eigenvalue weighted by atomic mass is 9.44. The Balaban J connectivity index is 2.00. The molecule has 160 valence electrons. The molecule has 28 heavy (non-hydrogen) atoms. The predicted molar refractivity (Wildman–Crippen MR) is 118 cm³/mol. The van der Waals surface area contributed by atoms with E-state index in [4.69, 9.17) is 4.43 Å². The number of allylic oxidation sites excluding steroid dienone is 1. The normalized spacial score (nSPS) is 39.6. The molecule has 0 radical (unpaired) electrons. The topological polar surface area (TPSA) is 46.5 Å². The predicted octanol–water partition coefficient (Wildman–Crippen LogP) is 5.88. The van der Waals surface area contributed by atoms with Crippen LogP contribution < -0.4 is 0 Å². The highest BCUT2D eigenvalue weighted by atomic mass is 28.4. The number of carbonyl (C=O) groups excluding carboxylic acids is 1. The Morgan fingerprint density at radius 3 is 2.04 bits per heavy atom. The molecule has 0 bridgehead atoms. The van der Waals surface area contributed by atoms with Crippen LogP contribution in [0.15, 0.2) is 11.6 Å². The van der Waals surface area contributed by atoms with E-state index in [1.54, 1.807) is 0 Å². The van der Waals surface area contributed by atoms with Crippen LogP contribution in [-0.4, -0.2) is 31.4 Å². The van der Waals surface area contributed by atoms with E-state index >= 15 is 0 Å². The van der Waals surface area contributed by atoms with Crippen LogP contribution in [0.4, 0.5) is 0 Å². The van der Waals surface area contributed by atoms with Gasteiger partial charge in [0.05, 0.1) is 6.10 Å². The van der Waals surface area contributed by atoms with E-state index in [1.807, 2.05) is 0 Å². The first-order valence-electron chi connectivity index (χ1n) is 11.3. The maximum absolute atomic E-state index is 12.1. The highest BCUT2D eigenvalue weighted by Gasteiger charge is 2.72. The summed E-state index contributed by atoms with van der Waals surface area (Å²) in [4.78, 5) is 12.1. The Morgan fingerprint density at radius 2 is 1.57 bits per heavy atom. The molecule has 0 aromatic heterocycles. The summed E-state index contributed by atoms with van der Waals surface area (Å²) in [6.45, 7) is 20.5. The van der Waals surface area contributed by atoms with Crippen molar-refractivity contribution in [2.75, 3.05) is 0 Å². The van der Waals surface area contributed by atoms with Crippen molar-refractivity contribution in [1.82, 2.24) is 0 Å². The average Bonchev–Trinajstić information content (AvgIpc) is 2.88. The van der Waals surface area contributed by atoms with E-state index in [1.165, 1.54) is 0 Å². The van der Waals surface area contributed by atoms with E-state index in [0.29, 0.717) is 34.0 Å². The van der Waals surface area contributed by atoms with Crippen LogP contribution in [0, 0.1) is 22.7 Å². The number of hydrogen-bond donors (Lipinski definition) is 1. The zero-order valence-corrected chi connectivity index (χ0v) is 20.5. The molecule has 5 atom stereocenters. The zero-order chi connectivity index (χ0) is 21.3. The minimum absolute atomic E-state index is 0.252. The maximum atomic E-state index is 12.1. The van der Waals surface area contributed by atoms with E-state index in [9.17, 15) is 9.90 Å². The summed E-state index contributed by atoms with van der Waals surface area (Å²) in [6.07, 6.45) is 5.86. The second-order valence-corrected chi connectivity index (χ2v) is 17.3. The Bertz CT molecular complexity index is 643. The lowest BCUT2D eigenvalue weighted by Crippen LogP contribution is -2.74. The van der Waals surface area contributed by atoms with E-state index < -0.39 is 13.9 Å². The summed E-state index contributed by atoms with van der Waals surface area (Å²) >= 11 is 0. The fraction of sp³-hybridized carbons (Fsp3) is 0.875. The molecule has 3 aliphatic carbocycles. The SMILES string of the molecule is CC(C)[Si](O[C@H]1C[C@]2(C)[C@H]3CC(C)(C)C[C@H]3C=C(C=O)[C@]12O)(C(C)C)C(C)C. The van der Waals surface area contributed by atoms with Crippen LogP contribution in [0.2, 0.25) is 16.6 Å². The number of carbonyl (C=O) groups is 1. The molecule has 0 aromatic rings. The van der Waals surface area contributed by atoms with Gasteiger partial charge in [-0.15, -0.1) is 0 Å². The Morgan fingerprint density at radius 1 is 1.04 bits per heavy atom. The summed E-state index contributed by atoms with van der Waals surface area (Å²) in [5.74, 6) is 0.841. The van der Waals surface area contributed by atoms with Crippen LogP contribution in [0.3, 0.4) is 0 Å². The van der Waals surface area contributed by atoms with Gasteiger partial charge in [-0.1, -0.05) is 68.4 Å². The van der Waals surface area contributed by atoms with Gasteiger partial charge in [0.2, 0.25) is 8.32 Å². The quantitative estimate of drug-likeness (QED) is 0.442. The zero-order valence-electron chi connectivity index (χ0n) is 19.5. The van der Waals surface area contributed by atoms with Crippen molar-refractivity contribution in [2.24, 2.45) is 22.7 Å². The first-order valence-corrected chi connectivity index (χ1v) is 13.5. The maximum Gasteiger partial charge on any atom is 0.200 e. The van der Waals surface area contributed by atoms with Crippen LogP contribution in [0.1, 0.15) is 81.6 Å². The number of aldehydes is 1. The fourth-order valence-corrected chi connectivity index (χ4v) is 13.2. The van der Waals surface area contributed by atoms with Gasteiger partial charge in [-0.3, -0.25) is 4.79 Å². The van der Waals surface area contributed by atoms with E-state index in [-0.39, 0.29) is 16.9 Å². The van der Waals surface area contributed by atoms with Crippen LogP contribution in [0.25, 0.3) is 0 Å². The molecule has 3 rings (SSSR count). The summed E-state index contributed by atoms with van der Waals surface area (Å²) in [7, 11) is -2.12. The molecule has 0 unspecified atom stereocenters. The Kier molecular flexibility index (Phi) is 5.39. The first kappa shape index (κ1) is 22.2. The van der Waals surface area contributed by atoms with Crippen LogP contribution >= 0.6 is 0 Å². The Labute approximate surface area is 173 Å². The molecule has 4 heteroatoms. The lowest BCUT2D eigenvalue weighted by Gasteiger charge is -2.67. The van der Waals surface area contributed by atoms with Crippen LogP contribution in [-0.2, 0) is 9.22 Å². The minimum Gasteiger partial charge on any atom is -0.410 e. The fourth-order valence-electron chi connectivity index (χ4n) is 7.63. The molecule has 0 heterocycles. The average molecular weight is 407 g/mol. The molecule has 0 aliphatic heterocycles. The van der Waals surface area contributed by atoms with Gasteiger partial charge in [-0.25, -0.2) is 0 Å². The van der Waals surface area contributed by atoms with Gasteiger partial charge in [0, 0.05) is 11.0 Å². The molecular weight excluding hydrogens is 364 g/mol. The van der Waals surface area contributed by atoms with Crippen LogP contribution in [0.5, 0.6) is 0 Å². The van der Waals surface area contributed by atoms with Gasteiger partial charge in [0.25, 0.3) is 0 Å². The standard InChI is InChI=1S/C24H42O3Si/c1-15(2)28(16(3)4,17(5)6)27-21-13-23(9)20-12-22(7,8)11-18(20)10-19(14-25)24(21,23)26/h10,14-18,20-21,26H,11-13H2,1-9H3/t18-,20+,21+,23-,24+/m1/s1. The van der Waals surface area contributed by atoms with Crippen molar-refractivity contribution < 1.29 is 14.3 Å². The third-order valence-corrected chi connectivity index (χ3v) is 15.0. The largest absolute Gasteiger partial charge is 0.410 e. The molecule has 0 aromatic carbocycles. The van der Waals surface area contributed by atoms with Crippen molar-refractivity contribution >= 4 is 14.6 Å². The molecule has 1 N–H and O–H groups in total. The molecular formula is C24H42O3Si. The highest BCUT2D eigenvalue weighted by molar-refractivity contribution is 6.77. The van der Waals surface area contributed by atoms with Gasteiger partial charge in [0.15, 0.2) is 0 Å². The molecule has 2 fully saturated rings. The number of hydrogen-bond acceptors (Lipinski definition) is 3. The number of aliphatic hydroxyl groups is 1. The summed E-state index contributed by atoms with van der Waals surface area (Å²) in [5.41, 5.74) is 0.866. The summed E-state index contributed by atoms with van der Waals surface area (Å²) < 4.78 is 7.02. The van der Waals surface area contributed by atoms with Crippen molar-refractivity contribution in [1.29, 1.82) is 0 Å².